The Labute approximate surface area is 82.5 Å². The summed E-state index contributed by atoms with van der Waals surface area (Å²) in [7, 11) is 0. The number of aromatic nitrogens is 2. The maximum Gasteiger partial charge on any atom is 0.414 e. The molecule has 0 fully saturated rings. The normalized spacial score (nSPS) is 9.64. The first-order chi connectivity index (χ1) is 6.61. The SMILES string of the molecule is CCOC(=O)Nc1nc(C)cc(C)n1. The Morgan fingerprint density at radius 2 is 2.00 bits per heavy atom. The van der Waals surface area contributed by atoms with Crippen molar-refractivity contribution in [2.45, 2.75) is 20.8 Å². The summed E-state index contributed by atoms with van der Waals surface area (Å²) in [6.07, 6.45) is -0.530. The third kappa shape index (κ3) is 3.01. The second-order valence-corrected chi connectivity index (χ2v) is 2.82. The van der Waals surface area contributed by atoms with E-state index in [0.29, 0.717) is 6.61 Å². The molecule has 1 rings (SSSR count). The third-order valence-electron chi connectivity index (χ3n) is 1.47. The molecule has 76 valence electrons. The largest absolute Gasteiger partial charge is 0.450 e. The molecule has 0 aromatic carbocycles. The van der Waals surface area contributed by atoms with Crippen LogP contribution in [0.4, 0.5) is 10.7 Å². The Hall–Kier alpha value is -1.65. The van der Waals surface area contributed by atoms with E-state index in [1.165, 1.54) is 0 Å². The lowest BCUT2D eigenvalue weighted by atomic mass is 10.4. The van der Waals surface area contributed by atoms with E-state index in [1.54, 1.807) is 6.92 Å². The monoisotopic (exact) mass is 195 g/mol. The van der Waals surface area contributed by atoms with Crippen LogP contribution in [0, 0.1) is 13.8 Å². The van der Waals surface area contributed by atoms with Crippen LogP contribution in [0.5, 0.6) is 0 Å². The van der Waals surface area contributed by atoms with E-state index in [1.807, 2.05) is 19.9 Å². The molecular weight excluding hydrogens is 182 g/mol. The van der Waals surface area contributed by atoms with Crippen LogP contribution < -0.4 is 5.32 Å². The van der Waals surface area contributed by atoms with Gasteiger partial charge in [-0.05, 0) is 26.8 Å². The summed E-state index contributed by atoms with van der Waals surface area (Å²) in [5.41, 5.74) is 1.62. The van der Waals surface area contributed by atoms with Gasteiger partial charge in [-0.3, -0.25) is 5.32 Å². The molecule has 1 N–H and O–H groups in total. The summed E-state index contributed by atoms with van der Waals surface area (Å²) in [6.45, 7) is 5.74. The van der Waals surface area contributed by atoms with E-state index in [2.05, 4.69) is 15.3 Å². The minimum Gasteiger partial charge on any atom is -0.450 e. The van der Waals surface area contributed by atoms with Crippen LogP contribution in [-0.2, 0) is 4.74 Å². The van der Waals surface area contributed by atoms with Crippen LogP contribution in [0.1, 0.15) is 18.3 Å². The molecule has 1 amide bonds. The molecule has 14 heavy (non-hydrogen) atoms. The predicted molar refractivity (Wildman–Crippen MR) is 52.2 cm³/mol. The van der Waals surface area contributed by atoms with Crippen molar-refractivity contribution in [1.29, 1.82) is 0 Å². The highest BCUT2D eigenvalue weighted by molar-refractivity contribution is 5.82. The molecule has 0 bridgehead atoms. The van der Waals surface area contributed by atoms with E-state index >= 15 is 0 Å². The average molecular weight is 195 g/mol. The lowest BCUT2D eigenvalue weighted by Crippen LogP contribution is -2.15. The van der Waals surface area contributed by atoms with Crippen molar-refractivity contribution < 1.29 is 9.53 Å². The number of amides is 1. The van der Waals surface area contributed by atoms with Gasteiger partial charge in [0.1, 0.15) is 0 Å². The molecule has 0 atom stereocenters. The number of nitrogens with zero attached hydrogens (tertiary/aromatic N) is 2. The maximum atomic E-state index is 11.0. The van der Waals surface area contributed by atoms with Crippen molar-refractivity contribution in [3.05, 3.63) is 17.5 Å². The zero-order valence-corrected chi connectivity index (χ0v) is 8.50. The van der Waals surface area contributed by atoms with Crippen molar-refractivity contribution in [2.24, 2.45) is 0 Å². The number of carbonyl (C=O) groups excluding carboxylic acids is 1. The first-order valence-electron chi connectivity index (χ1n) is 4.38. The van der Waals surface area contributed by atoms with Crippen LogP contribution >= 0.6 is 0 Å². The highest BCUT2D eigenvalue weighted by atomic mass is 16.5. The van der Waals surface area contributed by atoms with E-state index in [4.69, 9.17) is 4.74 Å². The fraction of sp³-hybridized carbons (Fsp3) is 0.444. The molecule has 0 saturated carbocycles. The number of rotatable bonds is 2. The van der Waals surface area contributed by atoms with Crippen molar-refractivity contribution in [3.8, 4) is 0 Å². The van der Waals surface area contributed by atoms with Gasteiger partial charge in [0.2, 0.25) is 5.95 Å². The molecule has 1 aromatic heterocycles. The average Bonchev–Trinajstić information content (AvgIpc) is 2.01. The molecule has 1 aromatic rings. The highest BCUT2D eigenvalue weighted by Crippen LogP contribution is 2.03. The maximum absolute atomic E-state index is 11.0. The van der Waals surface area contributed by atoms with E-state index in [9.17, 15) is 4.79 Å². The van der Waals surface area contributed by atoms with E-state index in [-0.39, 0.29) is 5.95 Å². The van der Waals surface area contributed by atoms with Gasteiger partial charge in [0.15, 0.2) is 0 Å². The van der Waals surface area contributed by atoms with E-state index < -0.39 is 6.09 Å². The van der Waals surface area contributed by atoms with Crippen LogP contribution in [0.15, 0.2) is 6.07 Å². The lowest BCUT2D eigenvalue weighted by Gasteiger charge is -2.04. The van der Waals surface area contributed by atoms with Crippen LogP contribution in [0.3, 0.4) is 0 Å². The number of carbonyl (C=O) groups is 1. The summed E-state index contributed by atoms with van der Waals surface area (Å²) in [5, 5.41) is 2.44. The Morgan fingerprint density at radius 3 is 2.50 bits per heavy atom. The molecule has 1 heterocycles. The van der Waals surface area contributed by atoms with Crippen molar-refractivity contribution in [1.82, 2.24) is 9.97 Å². The van der Waals surface area contributed by atoms with Gasteiger partial charge < -0.3 is 4.74 Å². The van der Waals surface area contributed by atoms with Gasteiger partial charge in [-0.25, -0.2) is 14.8 Å². The summed E-state index contributed by atoms with van der Waals surface area (Å²) < 4.78 is 4.70. The standard InChI is InChI=1S/C9H13N3O2/c1-4-14-9(13)12-8-10-6(2)5-7(3)11-8/h5H,4H2,1-3H3,(H,10,11,12,13). The van der Waals surface area contributed by atoms with E-state index in [0.717, 1.165) is 11.4 Å². The molecule has 5 nitrogen and oxygen atoms in total. The van der Waals surface area contributed by atoms with Gasteiger partial charge >= 0.3 is 6.09 Å². The fourth-order valence-corrected chi connectivity index (χ4v) is 1.04. The number of ether oxygens (including phenoxy) is 1. The Balaban J connectivity index is 2.71. The highest BCUT2D eigenvalue weighted by Gasteiger charge is 2.04. The molecule has 0 aliphatic carbocycles. The van der Waals surface area contributed by atoms with Crippen LogP contribution in [-0.4, -0.2) is 22.7 Å². The predicted octanol–water partition coefficient (Wildman–Crippen LogP) is 1.66. The fourth-order valence-electron chi connectivity index (χ4n) is 1.04. The molecule has 0 aliphatic rings. The molecule has 0 aliphatic heterocycles. The van der Waals surface area contributed by atoms with Gasteiger partial charge in [0.25, 0.3) is 0 Å². The topological polar surface area (TPSA) is 64.1 Å². The van der Waals surface area contributed by atoms with Gasteiger partial charge in [0.05, 0.1) is 6.61 Å². The molecule has 0 unspecified atom stereocenters. The smallest absolute Gasteiger partial charge is 0.414 e. The van der Waals surface area contributed by atoms with Gasteiger partial charge in [-0.15, -0.1) is 0 Å². The van der Waals surface area contributed by atoms with Crippen LogP contribution in [0.2, 0.25) is 0 Å². The van der Waals surface area contributed by atoms with Crippen LogP contribution in [0.25, 0.3) is 0 Å². The first-order valence-corrected chi connectivity index (χ1v) is 4.38. The quantitative estimate of drug-likeness (QED) is 0.779. The molecular formula is C9H13N3O2. The van der Waals surface area contributed by atoms with Crippen molar-refractivity contribution in [3.63, 3.8) is 0 Å². The third-order valence-corrected chi connectivity index (χ3v) is 1.47. The zero-order chi connectivity index (χ0) is 10.6. The molecule has 5 heteroatoms. The van der Waals surface area contributed by atoms with Crippen molar-refractivity contribution in [2.75, 3.05) is 11.9 Å². The second-order valence-electron chi connectivity index (χ2n) is 2.82. The summed E-state index contributed by atoms with van der Waals surface area (Å²) in [6, 6.07) is 1.83. The number of nitrogens with one attached hydrogen (secondary N) is 1. The zero-order valence-electron chi connectivity index (χ0n) is 8.50. The minimum atomic E-state index is -0.530. The van der Waals surface area contributed by atoms with Gasteiger partial charge in [-0.2, -0.15) is 0 Å². The summed E-state index contributed by atoms with van der Waals surface area (Å²) in [5.74, 6) is 0.279. The lowest BCUT2D eigenvalue weighted by molar-refractivity contribution is 0.167. The number of aryl methyl sites for hydroxylation is 2. The molecule has 0 radical (unpaired) electrons. The summed E-state index contributed by atoms with van der Waals surface area (Å²) in [4.78, 5) is 19.1. The number of anilines is 1. The minimum absolute atomic E-state index is 0.279. The Bertz CT molecular complexity index is 319. The molecule has 0 spiro atoms. The first kappa shape index (κ1) is 10.4. The number of hydrogen-bond donors (Lipinski definition) is 1. The summed E-state index contributed by atoms with van der Waals surface area (Å²) >= 11 is 0. The van der Waals surface area contributed by atoms with Crippen molar-refractivity contribution >= 4 is 12.0 Å². The second kappa shape index (κ2) is 4.55. The molecule has 0 saturated heterocycles. The Kier molecular flexibility index (Phi) is 3.39. The number of hydrogen-bond acceptors (Lipinski definition) is 4. The van der Waals surface area contributed by atoms with Gasteiger partial charge in [-0.1, -0.05) is 0 Å². The van der Waals surface area contributed by atoms with Gasteiger partial charge in [0, 0.05) is 11.4 Å². The Morgan fingerprint density at radius 1 is 1.43 bits per heavy atom.